The molecule has 1 fully saturated rings. The number of hydrogen-bond acceptors (Lipinski definition) is 6. The lowest BCUT2D eigenvalue weighted by Gasteiger charge is -2.49. The van der Waals surface area contributed by atoms with E-state index in [9.17, 15) is 23.1 Å². The van der Waals surface area contributed by atoms with Gasteiger partial charge in [0.1, 0.15) is 18.2 Å². The second-order valence-corrected chi connectivity index (χ2v) is 10.2. The molecule has 4 aromatic rings. The van der Waals surface area contributed by atoms with Crippen molar-refractivity contribution in [3.8, 4) is 16.9 Å². The summed E-state index contributed by atoms with van der Waals surface area (Å²) in [6.45, 7) is 3.67. The molecule has 7 nitrogen and oxygen atoms in total. The van der Waals surface area contributed by atoms with Crippen LogP contribution in [0.3, 0.4) is 0 Å². The summed E-state index contributed by atoms with van der Waals surface area (Å²) in [6, 6.07) is 13.7. The molecule has 3 heterocycles. The van der Waals surface area contributed by atoms with E-state index in [1.54, 1.807) is 17.1 Å². The van der Waals surface area contributed by atoms with Gasteiger partial charge in [-0.25, -0.2) is 13.2 Å². The van der Waals surface area contributed by atoms with Gasteiger partial charge in [0.2, 0.25) is 0 Å². The van der Waals surface area contributed by atoms with Gasteiger partial charge in [0, 0.05) is 47.3 Å². The molecule has 0 radical (unpaired) electrons. The van der Waals surface area contributed by atoms with E-state index in [-0.39, 0.29) is 28.7 Å². The van der Waals surface area contributed by atoms with E-state index >= 15 is 0 Å². The molecule has 200 valence electrons. The number of rotatable bonds is 5. The van der Waals surface area contributed by atoms with Gasteiger partial charge in [-0.1, -0.05) is 37.3 Å². The van der Waals surface area contributed by atoms with E-state index in [1.165, 1.54) is 12.3 Å². The van der Waals surface area contributed by atoms with Crippen LogP contribution in [-0.2, 0) is 0 Å². The maximum Gasteiger partial charge on any atom is 0.273 e. The van der Waals surface area contributed by atoms with Gasteiger partial charge in [-0.3, -0.25) is 20.2 Å². The summed E-state index contributed by atoms with van der Waals surface area (Å²) in [5.74, 6) is -3.16. The molecular formula is C29H25F3N4O3. The molecule has 0 unspecified atom stereocenters. The first-order chi connectivity index (χ1) is 18.8. The zero-order valence-electron chi connectivity index (χ0n) is 21.0. The van der Waals surface area contributed by atoms with Crippen LogP contribution in [0.25, 0.3) is 22.0 Å². The van der Waals surface area contributed by atoms with E-state index in [2.05, 4.69) is 10.4 Å². The molecule has 2 N–H and O–H groups in total. The molecule has 0 atom stereocenters. The van der Waals surface area contributed by atoms with E-state index in [0.717, 1.165) is 11.8 Å². The van der Waals surface area contributed by atoms with Crippen LogP contribution in [0.15, 0.2) is 60.8 Å². The lowest BCUT2D eigenvalue weighted by atomic mass is 9.81. The summed E-state index contributed by atoms with van der Waals surface area (Å²) < 4.78 is 48.6. The number of para-hydroxylation sites is 3. The number of nitrogens with one attached hydrogen (secondary N) is 1. The Labute approximate surface area is 222 Å². The molecule has 6 rings (SSSR count). The first-order valence-electron chi connectivity index (χ1n) is 12.5. The van der Waals surface area contributed by atoms with Crippen molar-refractivity contribution in [1.29, 1.82) is 0 Å². The van der Waals surface area contributed by atoms with Crippen molar-refractivity contribution in [3.63, 3.8) is 0 Å². The number of fused-ring (bicyclic) bond motifs is 2. The predicted molar refractivity (Wildman–Crippen MR) is 141 cm³/mol. The van der Waals surface area contributed by atoms with Crippen LogP contribution in [0.1, 0.15) is 17.3 Å². The van der Waals surface area contributed by atoms with Gasteiger partial charge in [-0.2, -0.15) is 0 Å². The van der Waals surface area contributed by atoms with Crippen LogP contribution in [0.2, 0.25) is 0 Å². The number of aromatic nitrogens is 1. The van der Waals surface area contributed by atoms with Crippen molar-refractivity contribution >= 4 is 28.2 Å². The number of nitrogens with zero attached hydrogens (tertiary/aromatic N) is 3. The van der Waals surface area contributed by atoms with Crippen molar-refractivity contribution in [2.24, 2.45) is 5.41 Å². The lowest BCUT2D eigenvalue weighted by molar-refractivity contribution is 0.0941. The highest BCUT2D eigenvalue weighted by Gasteiger charge is 2.40. The Kier molecular flexibility index (Phi) is 6.06. The third kappa shape index (κ3) is 4.30. The molecule has 0 spiro atoms. The number of amides is 1. The Hall–Kier alpha value is -4.31. The van der Waals surface area contributed by atoms with Gasteiger partial charge < -0.3 is 14.7 Å². The quantitative estimate of drug-likeness (QED) is 0.362. The molecule has 0 aliphatic carbocycles. The minimum atomic E-state index is -1.30. The monoisotopic (exact) mass is 534 g/mol. The molecule has 39 heavy (non-hydrogen) atoms. The van der Waals surface area contributed by atoms with Crippen molar-refractivity contribution in [3.05, 3.63) is 83.8 Å². The number of carbonyl (C=O) groups excluding carboxylic acids is 1. The normalized spacial score (nSPS) is 15.9. The maximum atomic E-state index is 14.8. The van der Waals surface area contributed by atoms with Crippen LogP contribution in [0, 0.1) is 22.9 Å². The summed E-state index contributed by atoms with van der Waals surface area (Å²) in [5.41, 5.74) is 4.35. The Bertz CT molecular complexity index is 1610. The molecule has 1 amide bonds. The number of ether oxygens (including phenoxy) is 1. The van der Waals surface area contributed by atoms with Gasteiger partial charge >= 0.3 is 0 Å². The summed E-state index contributed by atoms with van der Waals surface area (Å²) in [4.78, 5) is 20.1. The van der Waals surface area contributed by atoms with E-state index in [0.29, 0.717) is 54.6 Å². The Morgan fingerprint density at radius 2 is 1.90 bits per heavy atom. The van der Waals surface area contributed by atoms with E-state index in [4.69, 9.17) is 4.74 Å². The second kappa shape index (κ2) is 9.46. The standard InChI is InChI=1S/C29H25F3N4O3/c1-29(16-37)14-35(15-29)27-19-6-4-5-18(20-11-17(30)12-22(31)25(20)32)26(19)33-13-21(27)28(38)34-36-9-10-39-24-8-3-2-7-23(24)36/h2-8,11-13,37H,9-10,14-16H2,1H3,(H,34,38). The van der Waals surface area contributed by atoms with Crippen molar-refractivity contribution in [1.82, 2.24) is 10.4 Å². The lowest BCUT2D eigenvalue weighted by Crippen LogP contribution is -2.57. The summed E-state index contributed by atoms with van der Waals surface area (Å²) in [5, 5.41) is 12.1. The number of hydrogen-bond donors (Lipinski definition) is 2. The van der Waals surface area contributed by atoms with Crippen LogP contribution >= 0.6 is 0 Å². The first-order valence-corrected chi connectivity index (χ1v) is 12.5. The number of anilines is 2. The van der Waals surface area contributed by atoms with Gasteiger partial charge in [0.25, 0.3) is 5.91 Å². The summed E-state index contributed by atoms with van der Waals surface area (Å²) in [7, 11) is 0. The molecule has 2 aliphatic rings. The van der Waals surface area contributed by atoms with Crippen LogP contribution < -0.4 is 20.1 Å². The van der Waals surface area contributed by atoms with Gasteiger partial charge in [0.15, 0.2) is 11.6 Å². The average Bonchev–Trinajstić information content (AvgIpc) is 2.92. The molecule has 10 heteroatoms. The number of aliphatic hydroxyl groups excluding tert-OH is 1. The zero-order valence-corrected chi connectivity index (χ0v) is 21.0. The highest BCUT2D eigenvalue weighted by Crippen LogP contribution is 2.42. The first kappa shape index (κ1) is 25.0. The topological polar surface area (TPSA) is 77.9 Å². The fourth-order valence-electron chi connectivity index (χ4n) is 5.29. The Morgan fingerprint density at radius 1 is 1.10 bits per heavy atom. The van der Waals surface area contributed by atoms with Crippen LogP contribution in [-0.4, -0.2) is 48.8 Å². The third-order valence-electron chi connectivity index (χ3n) is 7.20. The molecule has 1 saturated heterocycles. The second-order valence-electron chi connectivity index (χ2n) is 10.2. The minimum Gasteiger partial charge on any atom is -0.489 e. The maximum absolute atomic E-state index is 14.8. The largest absolute Gasteiger partial charge is 0.489 e. The fourth-order valence-corrected chi connectivity index (χ4v) is 5.29. The number of pyridine rings is 1. The molecular weight excluding hydrogens is 509 g/mol. The molecule has 2 aliphatic heterocycles. The highest BCUT2D eigenvalue weighted by atomic mass is 19.2. The molecule has 0 bridgehead atoms. The van der Waals surface area contributed by atoms with Crippen molar-refractivity contribution in [2.45, 2.75) is 6.92 Å². The van der Waals surface area contributed by atoms with Crippen LogP contribution in [0.5, 0.6) is 5.75 Å². The third-order valence-corrected chi connectivity index (χ3v) is 7.20. The smallest absolute Gasteiger partial charge is 0.273 e. The van der Waals surface area contributed by atoms with Gasteiger partial charge in [-0.15, -0.1) is 0 Å². The van der Waals surface area contributed by atoms with Crippen molar-refractivity contribution < 1.29 is 27.8 Å². The predicted octanol–water partition coefficient (Wildman–Crippen LogP) is 4.68. The Balaban J connectivity index is 1.46. The summed E-state index contributed by atoms with van der Waals surface area (Å²) >= 11 is 0. The Morgan fingerprint density at radius 3 is 2.69 bits per heavy atom. The van der Waals surface area contributed by atoms with E-state index < -0.39 is 23.4 Å². The number of hydrazine groups is 1. The molecule has 0 saturated carbocycles. The van der Waals surface area contributed by atoms with E-state index in [1.807, 2.05) is 36.1 Å². The summed E-state index contributed by atoms with van der Waals surface area (Å²) in [6.07, 6.45) is 1.39. The van der Waals surface area contributed by atoms with Crippen LogP contribution in [0.4, 0.5) is 24.5 Å². The SMILES string of the molecule is CC1(CO)CN(c2c(C(=O)NN3CCOc4ccccc43)cnc3c(-c4cc(F)cc(F)c4F)cccc23)C1. The fraction of sp³-hybridized carbons (Fsp3) is 0.241. The number of aliphatic hydroxyl groups is 1. The number of benzene rings is 3. The number of halogens is 3. The van der Waals surface area contributed by atoms with Gasteiger partial charge in [-0.05, 0) is 18.2 Å². The van der Waals surface area contributed by atoms with Crippen molar-refractivity contribution in [2.75, 3.05) is 42.8 Å². The average molecular weight is 535 g/mol. The molecule has 3 aromatic carbocycles. The molecule has 1 aromatic heterocycles. The zero-order chi connectivity index (χ0) is 27.3. The number of carbonyl (C=O) groups is 1. The van der Waals surface area contributed by atoms with Gasteiger partial charge in [0.05, 0.1) is 35.6 Å². The highest BCUT2D eigenvalue weighted by molar-refractivity contribution is 6.10. The minimum absolute atomic E-state index is 0.0301.